The van der Waals surface area contributed by atoms with Gasteiger partial charge < -0.3 is 19.8 Å². The molecule has 6 heteroatoms. The quantitative estimate of drug-likeness (QED) is 0.623. The number of hydrogen-bond acceptors (Lipinski definition) is 4. The van der Waals surface area contributed by atoms with Gasteiger partial charge in [0.2, 0.25) is 0 Å². The molecule has 0 aromatic carbocycles. The van der Waals surface area contributed by atoms with Gasteiger partial charge in [-0.1, -0.05) is 26.7 Å². The third-order valence-corrected chi connectivity index (χ3v) is 1.84. The van der Waals surface area contributed by atoms with Crippen molar-refractivity contribution in [2.45, 2.75) is 39.5 Å². The average Bonchev–Trinajstić information content (AvgIpc) is 2.19. The summed E-state index contributed by atoms with van der Waals surface area (Å²) in [6, 6.07) is 0. The van der Waals surface area contributed by atoms with Crippen molar-refractivity contribution in [1.82, 2.24) is 0 Å². The van der Waals surface area contributed by atoms with Crippen LogP contribution in [-0.4, -0.2) is 18.6 Å². The van der Waals surface area contributed by atoms with Crippen LogP contribution in [0.2, 0.25) is 0 Å². The smallest absolute Gasteiger partial charge is 0.550 e. The van der Waals surface area contributed by atoms with Crippen molar-refractivity contribution in [3.8, 4) is 0 Å². The van der Waals surface area contributed by atoms with Gasteiger partial charge in [0.1, 0.15) is 6.67 Å². The van der Waals surface area contributed by atoms with E-state index in [4.69, 9.17) is 9.90 Å². The van der Waals surface area contributed by atoms with Crippen molar-refractivity contribution >= 4 is 11.9 Å². The summed E-state index contributed by atoms with van der Waals surface area (Å²) in [7, 11) is 0. The van der Waals surface area contributed by atoms with Crippen molar-refractivity contribution in [3.63, 3.8) is 0 Å². The molecule has 1 unspecified atom stereocenters. The average molecular weight is 279 g/mol. The Bertz CT molecular complexity index is 188. The molecule has 0 spiro atoms. The van der Waals surface area contributed by atoms with E-state index in [1.165, 1.54) is 0 Å². The Labute approximate surface area is 105 Å². The topological polar surface area (TPSA) is 80.3 Å². The zero-order valence-corrected chi connectivity index (χ0v) is 10.4. The van der Waals surface area contributed by atoms with E-state index in [-0.39, 0.29) is 22.4 Å². The Balaban J connectivity index is -0.000000242. The molecule has 0 bridgehead atoms. The number of alkyl halides is 1. The maximum atomic E-state index is 10.5. The molecule has 98 valence electrons. The molecule has 0 saturated heterocycles. The first-order valence-corrected chi connectivity index (χ1v) is 4.96. The van der Waals surface area contributed by atoms with E-state index in [1.807, 2.05) is 6.92 Å². The monoisotopic (exact) mass is 278 g/mol. The molecule has 0 aromatic heterocycles. The summed E-state index contributed by atoms with van der Waals surface area (Å²) in [6.45, 7) is 2.55. The molecule has 4 nitrogen and oxygen atoms in total. The van der Waals surface area contributed by atoms with E-state index in [1.54, 1.807) is 0 Å². The van der Waals surface area contributed by atoms with Gasteiger partial charge in [0.15, 0.2) is 0 Å². The fourth-order valence-corrected chi connectivity index (χ4v) is 0.939. The van der Waals surface area contributed by atoms with Gasteiger partial charge in [0.05, 0.1) is 5.97 Å². The minimum Gasteiger partial charge on any atom is -0.550 e. The second-order valence-corrected chi connectivity index (χ2v) is 3.07. The fourth-order valence-electron chi connectivity index (χ4n) is 0.939. The summed E-state index contributed by atoms with van der Waals surface area (Å²) in [4.78, 5) is 19.2. The van der Waals surface area contributed by atoms with Crippen LogP contribution >= 0.6 is 0 Å². The Kier molecular flexibility index (Phi) is 18.6. The summed E-state index contributed by atoms with van der Waals surface area (Å²) < 4.78 is 10.5. The third kappa shape index (κ3) is 15.8. The van der Waals surface area contributed by atoms with Gasteiger partial charge in [0, 0.05) is 5.97 Å². The van der Waals surface area contributed by atoms with Gasteiger partial charge in [-0.25, -0.2) is 4.39 Å². The minimum absolute atomic E-state index is 0. The first-order valence-electron chi connectivity index (χ1n) is 4.96. The maximum absolute atomic E-state index is 10.5. The molecule has 0 rings (SSSR count). The van der Waals surface area contributed by atoms with Gasteiger partial charge in [-0.05, 0) is 18.8 Å². The summed E-state index contributed by atoms with van der Waals surface area (Å²) in [6.07, 6.45) is 3.52. The van der Waals surface area contributed by atoms with Crippen molar-refractivity contribution in [1.29, 1.82) is 0 Å². The van der Waals surface area contributed by atoms with Crippen molar-refractivity contribution < 1.29 is 40.7 Å². The SMILES string of the molecule is CCCCC(CC)C(=O)[O-].O=C([O-])CF.[Ni+2]. The summed E-state index contributed by atoms with van der Waals surface area (Å²) in [5.74, 6) is -2.78. The van der Waals surface area contributed by atoms with E-state index in [9.17, 15) is 14.3 Å². The number of halogens is 1. The van der Waals surface area contributed by atoms with Crippen LogP contribution in [0.4, 0.5) is 4.39 Å². The summed E-state index contributed by atoms with van der Waals surface area (Å²) >= 11 is 0. The zero-order valence-electron chi connectivity index (χ0n) is 9.44. The van der Waals surface area contributed by atoms with Gasteiger partial charge in [-0.15, -0.1) is 0 Å². The number of aliphatic carboxylic acids is 2. The van der Waals surface area contributed by atoms with E-state index in [0.29, 0.717) is 6.42 Å². The van der Waals surface area contributed by atoms with E-state index >= 15 is 0 Å². The van der Waals surface area contributed by atoms with E-state index in [2.05, 4.69) is 6.92 Å². The number of carboxylic acid groups (broad SMARTS) is 2. The normalized spacial score (nSPS) is 10.4. The Morgan fingerprint density at radius 1 is 1.25 bits per heavy atom. The number of hydrogen-bond donors (Lipinski definition) is 0. The third-order valence-electron chi connectivity index (χ3n) is 1.84. The zero-order chi connectivity index (χ0) is 12.3. The number of carboxylic acids is 2. The van der Waals surface area contributed by atoms with E-state index in [0.717, 1.165) is 19.3 Å². The molecule has 0 N–H and O–H groups in total. The standard InChI is InChI=1S/C8H16O2.C2H3FO2.Ni/c1-3-5-6-7(4-2)8(9)10;3-1-2(4)5;/h7H,3-6H2,1-2H3,(H,9,10);1H2,(H,4,5);/q;;+2/p-2. The second-order valence-electron chi connectivity index (χ2n) is 3.07. The Morgan fingerprint density at radius 3 is 1.88 bits per heavy atom. The number of rotatable bonds is 6. The van der Waals surface area contributed by atoms with Gasteiger partial charge in [-0.3, -0.25) is 0 Å². The van der Waals surface area contributed by atoms with Crippen LogP contribution in [0.5, 0.6) is 0 Å². The molecule has 0 aliphatic heterocycles. The summed E-state index contributed by atoms with van der Waals surface area (Å²) in [5, 5.41) is 19.2. The van der Waals surface area contributed by atoms with E-state index < -0.39 is 18.6 Å². The molecule has 0 amide bonds. The molecule has 16 heavy (non-hydrogen) atoms. The van der Waals surface area contributed by atoms with Crippen molar-refractivity contribution in [2.75, 3.05) is 6.67 Å². The van der Waals surface area contributed by atoms with Crippen LogP contribution in [0.15, 0.2) is 0 Å². The Hall–Kier alpha value is -0.636. The molecule has 0 heterocycles. The molecule has 0 radical (unpaired) electrons. The van der Waals surface area contributed by atoms with Gasteiger partial charge in [-0.2, -0.15) is 0 Å². The number of carbonyl (C=O) groups is 2. The maximum Gasteiger partial charge on any atom is 2.00 e. The molecule has 0 aliphatic rings. The predicted molar refractivity (Wildman–Crippen MR) is 49.3 cm³/mol. The van der Waals surface area contributed by atoms with Crippen molar-refractivity contribution in [2.24, 2.45) is 5.92 Å². The molecule has 0 saturated carbocycles. The molecule has 0 aromatic rings. The second kappa shape index (κ2) is 14.4. The molecule has 0 aliphatic carbocycles. The van der Waals surface area contributed by atoms with Crippen LogP contribution < -0.4 is 10.2 Å². The number of carbonyl (C=O) groups excluding carboxylic acids is 2. The fraction of sp³-hybridized carbons (Fsp3) is 0.800. The largest absolute Gasteiger partial charge is 2.00 e. The molecule has 1 atom stereocenters. The number of unbranched alkanes of at least 4 members (excludes halogenated alkanes) is 1. The van der Waals surface area contributed by atoms with Crippen LogP contribution in [0, 0.1) is 5.92 Å². The van der Waals surface area contributed by atoms with Crippen LogP contribution in [0.1, 0.15) is 39.5 Å². The van der Waals surface area contributed by atoms with Crippen molar-refractivity contribution in [3.05, 3.63) is 0 Å². The van der Waals surface area contributed by atoms with Gasteiger partial charge in [0.25, 0.3) is 0 Å². The van der Waals surface area contributed by atoms with Crippen LogP contribution in [-0.2, 0) is 26.1 Å². The molecular weight excluding hydrogens is 262 g/mol. The Morgan fingerprint density at radius 2 is 1.69 bits per heavy atom. The first kappa shape index (κ1) is 20.7. The van der Waals surface area contributed by atoms with Crippen LogP contribution in [0.3, 0.4) is 0 Å². The first-order chi connectivity index (χ1) is 6.99. The van der Waals surface area contributed by atoms with Gasteiger partial charge >= 0.3 is 16.5 Å². The molecule has 0 fully saturated rings. The molecular formula is C10H17FNiO4. The predicted octanol–water partition coefficient (Wildman–Crippen LogP) is -0.344. The van der Waals surface area contributed by atoms with Crippen LogP contribution in [0.25, 0.3) is 0 Å². The summed E-state index contributed by atoms with van der Waals surface area (Å²) in [5.41, 5.74) is 0. The minimum atomic E-state index is -1.66.